The quantitative estimate of drug-likeness (QED) is 0.437. The first kappa shape index (κ1) is 19.1. The van der Waals surface area contributed by atoms with Crippen LogP contribution in [0.15, 0.2) is 79.0 Å². The smallest absolute Gasteiger partial charge is 0.319 e. The monoisotopic (exact) mass is 412 g/mol. The van der Waals surface area contributed by atoms with E-state index in [4.69, 9.17) is 4.74 Å². The number of anilines is 2. The number of aromatic amines is 1. The van der Waals surface area contributed by atoms with Crippen molar-refractivity contribution in [3.8, 4) is 5.75 Å². The molecule has 4 aromatic rings. The zero-order valence-corrected chi connectivity index (χ0v) is 17.1. The number of nitrogens with one attached hydrogen (secondary N) is 3. The molecule has 0 saturated heterocycles. The maximum atomic E-state index is 12.4. The Morgan fingerprint density at radius 3 is 2.81 bits per heavy atom. The Balaban J connectivity index is 1.24. The predicted molar refractivity (Wildman–Crippen MR) is 124 cm³/mol. The second kappa shape index (κ2) is 8.44. The van der Waals surface area contributed by atoms with Crippen molar-refractivity contribution in [3.63, 3.8) is 0 Å². The van der Waals surface area contributed by atoms with Gasteiger partial charge in [0.05, 0.1) is 12.2 Å². The molecule has 0 atom stereocenters. The number of amides is 2. The summed E-state index contributed by atoms with van der Waals surface area (Å²) < 4.78 is 5.84. The van der Waals surface area contributed by atoms with Crippen molar-refractivity contribution in [2.75, 3.05) is 23.4 Å². The van der Waals surface area contributed by atoms with E-state index in [9.17, 15) is 4.79 Å². The fourth-order valence-corrected chi connectivity index (χ4v) is 3.88. The number of hydrogen-bond donors (Lipinski definition) is 3. The molecule has 31 heavy (non-hydrogen) atoms. The van der Waals surface area contributed by atoms with Gasteiger partial charge < -0.3 is 25.3 Å². The van der Waals surface area contributed by atoms with Crippen LogP contribution in [-0.4, -0.2) is 24.2 Å². The normalized spacial score (nSPS) is 12.8. The fraction of sp³-hybridized carbons (Fsp3) is 0.160. The first-order valence-corrected chi connectivity index (χ1v) is 10.4. The van der Waals surface area contributed by atoms with E-state index in [0.29, 0.717) is 13.2 Å². The highest BCUT2D eigenvalue weighted by Gasteiger charge is 2.19. The molecule has 0 unspecified atom stereocenters. The number of ether oxygens (including phenoxy) is 1. The number of urea groups is 1. The highest BCUT2D eigenvalue weighted by molar-refractivity contribution is 5.92. The number of carbonyl (C=O) groups is 1. The molecule has 1 aliphatic heterocycles. The number of fused-ring (bicyclic) bond motifs is 2. The van der Waals surface area contributed by atoms with E-state index in [-0.39, 0.29) is 6.03 Å². The third-order valence-electron chi connectivity index (χ3n) is 5.47. The Morgan fingerprint density at radius 2 is 1.90 bits per heavy atom. The molecule has 1 aliphatic rings. The van der Waals surface area contributed by atoms with Crippen molar-refractivity contribution in [3.05, 3.63) is 90.1 Å². The maximum Gasteiger partial charge on any atom is 0.319 e. The lowest BCUT2D eigenvalue weighted by atomic mass is 10.1. The van der Waals surface area contributed by atoms with Crippen LogP contribution in [0, 0.1) is 0 Å². The molecule has 2 amide bonds. The molecule has 0 bridgehead atoms. The van der Waals surface area contributed by atoms with Gasteiger partial charge in [0.1, 0.15) is 12.4 Å². The lowest BCUT2D eigenvalue weighted by Gasteiger charge is -2.31. The summed E-state index contributed by atoms with van der Waals surface area (Å²) in [7, 11) is 0. The largest absolute Gasteiger partial charge is 0.490 e. The van der Waals surface area contributed by atoms with Crippen LogP contribution in [0.5, 0.6) is 5.75 Å². The molecule has 5 rings (SSSR count). The average molecular weight is 412 g/mol. The van der Waals surface area contributed by atoms with Crippen LogP contribution in [-0.2, 0) is 13.1 Å². The van der Waals surface area contributed by atoms with Gasteiger partial charge in [-0.3, -0.25) is 0 Å². The molecule has 0 saturated carbocycles. The van der Waals surface area contributed by atoms with Gasteiger partial charge in [-0.05, 0) is 46.8 Å². The van der Waals surface area contributed by atoms with Crippen molar-refractivity contribution >= 4 is 28.3 Å². The van der Waals surface area contributed by atoms with Crippen LogP contribution in [0.25, 0.3) is 10.9 Å². The Hall–Kier alpha value is -3.93. The molecule has 1 aromatic heterocycles. The van der Waals surface area contributed by atoms with Crippen molar-refractivity contribution in [2.24, 2.45) is 0 Å². The standard InChI is InChI=1S/C25H24N4O2/c30-25(28-21-8-7-20-10-11-26-22(20)15-21)27-16-19-6-9-24-23(14-19)29(12-13-31-24)17-18-4-2-1-3-5-18/h1-11,14-15,26H,12-13,16-17H2,(H2,27,28,30). The predicted octanol–water partition coefficient (Wildman–Crippen LogP) is 4.89. The Bertz CT molecular complexity index is 1200. The second-order valence-electron chi connectivity index (χ2n) is 7.65. The summed E-state index contributed by atoms with van der Waals surface area (Å²) in [6.07, 6.45) is 1.88. The number of aromatic nitrogens is 1. The van der Waals surface area contributed by atoms with E-state index in [0.717, 1.165) is 46.7 Å². The van der Waals surface area contributed by atoms with Crippen molar-refractivity contribution in [1.29, 1.82) is 0 Å². The number of rotatable bonds is 5. The number of carbonyl (C=O) groups excluding carboxylic acids is 1. The van der Waals surface area contributed by atoms with Crippen LogP contribution in [0.1, 0.15) is 11.1 Å². The molecule has 156 valence electrons. The number of nitrogens with zero attached hydrogens (tertiary/aromatic N) is 1. The first-order valence-electron chi connectivity index (χ1n) is 10.4. The summed E-state index contributed by atoms with van der Waals surface area (Å²) in [5.74, 6) is 0.884. The lowest BCUT2D eigenvalue weighted by molar-refractivity contribution is 0.251. The molecule has 3 N–H and O–H groups in total. The van der Waals surface area contributed by atoms with Gasteiger partial charge >= 0.3 is 6.03 Å². The summed E-state index contributed by atoms with van der Waals surface area (Å²) in [6.45, 7) is 2.77. The topological polar surface area (TPSA) is 69.4 Å². The Labute approximate surface area is 180 Å². The second-order valence-corrected chi connectivity index (χ2v) is 7.65. The summed E-state index contributed by atoms with van der Waals surface area (Å²) in [6, 6.07) is 24.1. The van der Waals surface area contributed by atoms with Gasteiger partial charge in [-0.25, -0.2) is 4.79 Å². The third kappa shape index (κ3) is 4.33. The number of benzene rings is 3. The van der Waals surface area contributed by atoms with Gasteiger partial charge in [-0.2, -0.15) is 0 Å². The summed E-state index contributed by atoms with van der Waals surface area (Å²) in [5.41, 5.74) is 5.09. The molecular weight excluding hydrogens is 388 g/mol. The zero-order valence-electron chi connectivity index (χ0n) is 17.1. The number of H-pyrrole nitrogens is 1. The minimum atomic E-state index is -0.235. The summed E-state index contributed by atoms with van der Waals surface area (Å²) in [4.78, 5) is 17.9. The van der Waals surface area contributed by atoms with E-state index >= 15 is 0 Å². The van der Waals surface area contributed by atoms with Crippen LogP contribution >= 0.6 is 0 Å². The van der Waals surface area contributed by atoms with E-state index in [1.54, 1.807) is 0 Å². The SMILES string of the molecule is O=C(NCc1ccc2c(c1)N(Cc1ccccc1)CCO2)Nc1ccc2cc[nH]c2c1. The highest BCUT2D eigenvalue weighted by atomic mass is 16.5. The van der Waals surface area contributed by atoms with Gasteiger partial charge in [0.25, 0.3) is 0 Å². The minimum absolute atomic E-state index is 0.235. The van der Waals surface area contributed by atoms with Crippen molar-refractivity contribution in [1.82, 2.24) is 10.3 Å². The van der Waals surface area contributed by atoms with E-state index < -0.39 is 0 Å². The molecule has 2 heterocycles. The van der Waals surface area contributed by atoms with Gasteiger partial charge in [0.2, 0.25) is 0 Å². The molecule has 0 spiro atoms. The fourth-order valence-electron chi connectivity index (χ4n) is 3.88. The lowest BCUT2D eigenvalue weighted by Crippen LogP contribution is -2.32. The average Bonchev–Trinajstić information content (AvgIpc) is 3.27. The minimum Gasteiger partial charge on any atom is -0.490 e. The third-order valence-corrected chi connectivity index (χ3v) is 5.47. The van der Waals surface area contributed by atoms with Gasteiger partial charge in [0.15, 0.2) is 0 Å². The molecule has 0 aliphatic carbocycles. The Kier molecular flexibility index (Phi) is 5.19. The van der Waals surface area contributed by atoms with Crippen molar-refractivity contribution < 1.29 is 9.53 Å². The maximum absolute atomic E-state index is 12.4. The molecule has 0 fully saturated rings. The van der Waals surface area contributed by atoms with Crippen molar-refractivity contribution in [2.45, 2.75) is 13.1 Å². The number of hydrogen-bond acceptors (Lipinski definition) is 3. The Morgan fingerprint density at radius 1 is 1.00 bits per heavy atom. The zero-order chi connectivity index (χ0) is 21.0. The molecule has 3 aromatic carbocycles. The van der Waals surface area contributed by atoms with E-state index in [1.165, 1.54) is 5.56 Å². The summed E-state index contributed by atoms with van der Waals surface area (Å²) >= 11 is 0. The molecular formula is C25H24N4O2. The van der Waals surface area contributed by atoms with Crippen LogP contribution < -0.4 is 20.3 Å². The van der Waals surface area contributed by atoms with Gasteiger partial charge in [0, 0.05) is 30.5 Å². The van der Waals surface area contributed by atoms with Crippen LogP contribution in [0.4, 0.5) is 16.2 Å². The summed E-state index contributed by atoms with van der Waals surface area (Å²) in [5, 5.41) is 6.95. The molecule has 6 heteroatoms. The van der Waals surface area contributed by atoms with E-state index in [1.807, 2.05) is 48.7 Å². The van der Waals surface area contributed by atoms with Crippen LogP contribution in [0.3, 0.4) is 0 Å². The highest BCUT2D eigenvalue weighted by Crippen LogP contribution is 2.33. The van der Waals surface area contributed by atoms with Gasteiger partial charge in [-0.1, -0.05) is 42.5 Å². The van der Waals surface area contributed by atoms with Crippen LogP contribution in [0.2, 0.25) is 0 Å². The van der Waals surface area contributed by atoms with Gasteiger partial charge in [-0.15, -0.1) is 0 Å². The van der Waals surface area contributed by atoms with E-state index in [2.05, 4.69) is 50.8 Å². The first-order chi connectivity index (χ1) is 15.2. The molecule has 0 radical (unpaired) electrons. The molecule has 6 nitrogen and oxygen atoms in total.